The molecule has 10 heteroatoms. The Bertz CT molecular complexity index is 1160. The molecule has 0 spiro atoms. The van der Waals surface area contributed by atoms with Crippen LogP contribution in [0.25, 0.3) is 11.3 Å². The fraction of sp³-hybridized carbons (Fsp3) is 0.500. The average Bonchev–Trinajstić information content (AvgIpc) is 3.23. The largest absolute Gasteiger partial charge is 0.488 e. The Kier molecular flexibility index (Phi) is 8.92. The third-order valence-electron chi connectivity index (χ3n) is 5.93. The van der Waals surface area contributed by atoms with Crippen LogP contribution in [-0.4, -0.2) is 65.3 Å². The van der Waals surface area contributed by atoms with Gasteiger partial charge in [-0.05, 0) is 26.2 Å². The molecule has 9 nitrogen and oxygen atoms in total. The summed E-state index contributed by atoms with van der Waals surface area (Å²) >= 11 is 6.27. The number of halogens is 1. The van der Waals surface area contributed by atoms with Crippen LogP contribution in [0.3, 0.4) is 0 Å². The number of rotatable bonds is 6. The molecule has 1 aromatic heterocycles. The van der Waals surface area contributed by atoms with Crippen LogP contribution in [0.4, 0.5) is 4.79 Å². The molecule has 2 aromatic rings. The minimum Gasteiger partial charge on any atom is -0.488 e. The lowest BCUT2D eigenvalue weighted by Crippen LogP contribution is -2.57. The minimum absolute atomic E-state index is 0.113. The fourth-order valence-electron chi connectivity index (χ4n) is 4.22. The number of alkyl carbamates (subject to hydrolysis) is 1. The van der Waals surface area contributed by atoms with Crippen LogP contribution in [0.15, 0.2) is 42.5 Å². The normalized spacial score (nSPS) is 18.5. The van der Waals surface area contributed by atoms with Crippen molar-refractivity contribution in [2.75, 3.05) is 13.7 Å². The number of likely N-dealkylation sites (tertiary alicyclic amines) is 1. The van der Waals surface area contributed by atoms with Crippen molar-refractivity contribution < 1.29 is 28.6 Å². The zero-order chi connectivity index (χ0) is 28.3. The van der Waals surface area contributed by atoms with Gasteiger partial charge >= 0.3 is 12.1 Å². The Hall–Kier alpha value is -3.33. The number of hydrogen-bond donors (Lipinski definition) is 1. The summed E-state index contributed by atoms with van der Waals surface area (Å²) in [4.78, 5) is 44.8. The number of hydrogen-bond acceptors (Lipinski definition) is 7. The molecule has 206 valence electrons. The molecule has 3 atom stereocenters. The summed E-state index contributed by atoms with van der Waals surface area (Å²) < 4.78 is 16.6. The van der Waals surface area contributed by atoms with Crippen LogP contribution in [0.2, 0.25) is 5.15 Å². The van der Waals surface area contributed by atoms with E-state index in [2.05, 4.69) is 10.3 Å². The monoisotopic (exact) mass is 545 g/mol. The Morgan fingerprint density at radius 3 is 2.32 bits per heavy atom. The van der Waals surface area contributed by atoms with Crippen LogP contribution in [-0.2, 0) is 19.1 Å². The molecule has 1 fully saturated rings. The highest BCUT2D eigenvalue weighted by Crippen LogP contribution is 2.31. The smallest absolute Gasteiger partial charge is 0.408 e. The molecule has 0 saturated carbocycles. The van der Waals surface area contributed by atoms with Crippen molar-refractivity contribution in [1.29, 1.82) is 0 Å². The lowest BCUT2D eigenvalue weighted by Gasteiger charge is -2.35. The molecule has 2 heterocycles. The van der Waals surface area contributed by atoms with Crippen molar-refractivity contribution in [3.8, 4) is 17.0 Å². The van der Waals surface area contributed by atoms with E-state index in [1.54, 1.807) is 32.9 Å². The standard InChI is InChI=1S/C28H36ClN3O6/c1-27(2,3)23(31-26(35)38-28(4,5)6)24(33)32-16-19(14-21(32)25(34)36-7)37-18-13-20(30-22(29)15-18)17-11-9-8-10-12-17/h8-13,15,19,21,23H,14,16H2,1-7H3,(H,31,35)/t19?,21-,23+/m0/s1. The molecule has 2 amide bonds. The van der Waals surface area contributed by atoms with Crippen molar-refractivity contribution in [1.82, 2.24) is 15.2 Å². The summed E-state index contributed by atoms with van der Waals surface area (Å²) in [6.07, 6.45) is -1.03. The molecule has 1 unspecified atom stereocenters. The highest BCUT2D eigenvalue weighted by atomic mass is 35.5. The fourth-order valence-corrected chi connectivity index (χ4v) is 4.42. The SMILES string of the molecule is COC(=O)[C@@H]1CC(Oc2cc(Cl)nc(-c3ccccc3)c2)CN1C(=O)[C@@H](NC(=O)OC(C)(C)C)C(C)(C)C. The first-order valence-electron chi connectivity index (χ1n) is 12.5. The summed E-state index contributed by atoms with van der Waals surface area (Å²) in [5, 5.41) is 2.95. The third-order valence-corrected chi connectivity index (χ3v) is 6.13. The predicted molar refractivity (Wildman–Crippen MR) is 144 cm³/mol. The summed E-state index contributed by atoms with van der Waals surface area (Å²) in [5.74, 6) is -0.527. The minimum atomic E-state index is -0.955. The van der Waals surface area contributed by atoms with E-state index in [-0.39, 0.29) is 18.1 Å². The van der Waals surface area contributed by atoms with Crippen molar-refractivity contribution in [2.24, 2.45) is 5.41 Å². The van der Waals surface area contributed by atoms with Gasteiger partial charge in [0.2, 0.25) is 5.91 Å². The Balaban J connectivity index is 1.84. The van der Waals surface area contributed by atoms with Gasteiger partial charge in [-0.15, -0.1) is 0 Å². The topological polar surface area (TPSA) is 107 Å². The van der Waals surface area contributed by atoms with E-state index in [0.29, 0.717) is 11.4 Å². The van der Waals surface area contributed by atoms with E-state index in [1.165, 1.54) is 12.0 Å². The number of carbonyl (C=O) groups is 3. The maximum absolute atomic E-state index is 13.8. The van der Waals surface area contributed by atoms with E-state index in [9.17, 15) is 14.4 Å². The number of amides is 2. The molecular formula is C28H36ClN3O6. The quantitative estimate of drug-likeness (QED) is 0.408. The highest BCUT2D eigenvalue weighted by molar-refractivity contribution is 6.29. The molecule has 0 radical (unpaired) electrons. The van der Waals surface area contributed by atoms with Gasteiger partial charge in [-0.1, -0.05) is 62.7 Å². The molecule has 0 bridgehead atoms. The first-order chi connectivity index (χ1) is 17.7. The van der Waals surface area contributed by atoms with E-state index >= 15 is 0 Å². The van der Waals surface area contributed by atoms with Gasteiger partial charge in [-0.3, -0.25) is 4.79 Å². The predicted octanol–water partition coefficient (Wildman–Crippen LogP) is 4.86. The van der Waals surface area contributed by atoms with Gasteiger partial charge in [0, 0.05) is 24.1 Å². The summed E-state index contributed by atoms with van der Waals surface area (Å²) in [5.41, 5.74) is 0.104. The summed E-state index contributed by atoms with van der Waals surface area (Å²) in [6, 6.07) is 11.1. The summed E-state index contributed by atoms with van der Waals surface area (Å²) in [7, 11) is 1.27. The molecule has 1 aliphatic heterocycles. The van der Waals surface area contributed by atoms with Crippen molar-refractivity contribution in [3.63, 3.8) is 0 Å². The molecule has 1 N–H and O–H groups in total. The number of esters is 1. The number of nitrogens with one attached hydrogen (secondary N) is 1. The second kappa shape index (κ2) is 11.6. The zero-order valence-electron chi connectivity index (χ0n) is 22.9. The molecule has 0 aliphatic carbocycles. The second-order valence-electron chi connectivity index (χ2n) is 11.3. The summed E-state index contributed by atoms with van der Waals surface area (Å²) in [6.45, 7) is 10.8. The van der Waals surface area contributed by atoms with E-state index in [1.807, 2.05) is 51.1 Å². The molecule has 1 saturated heterocycles. The average molecular weight is 546 g/mol. The van der Waals surface area contributed by atoms with Crippen LogP contribution >= 0.6 is 11.6 Å². The molecule has 3 rings (SSSR count). The molecular weight excluding hydrogens is 510 g/mol. The molecule has 38 heavy (non-hydrogen) atoms. The van der Waals surface area contributed by atoms with Gasteiger partial charge < -0.3 is 24.4 Å². The Labute approximate surface area is 228 Å². The van der Waals surface area contributed by atoms with Crippen molar-refractivity contribution in [3.05, 3.63) is 47.6 Å². The lowest BCUT2D eigenvalue weighted by atomic mass is 9.85. The first-order valence-corrected chi connectivity index (χ1v) is 12.8. The van der Waals surface area contributed by atoms with Crippen LogP contribution < -0.4 is 10.1 Å². The molecule has 1 aromatic carbocycles. The van der Waals surface area contributed by atoms with Gasteiger partial charge in [-0.2, -0.15) is 0 Å². The second-order valence-corrected chi connectivity index (χ2v) is 11.7. The van der Waals surface area contributed by atoms with Gasteiger partial charge in [0.15, 0.2) is 0 Å². The number of nitrogens with zero attached hydrogens (tertiary/aromatic N) is 2. The Morgan fingerprint density at radius 2 is 1.74 bits per heavy atom. The lowest BCUT2D eigenvalue weighted by molar-refractivity contribution is -0.152. The van der Waals surface area contributed by atoms with Gasteiger partial charge in [-0.25, -0.2) is 14.6 Å². The number of methoxy groups -OCH3 is 1. The number of carbonyl (C=O) groups excluding carboxylic acids is 3. The third kappa shape index (κ3) is 7.60. The van der Waals surface area contributed by atoms with E-state index in [0.717, 1.165) is 5.56 Å². The number of aromatic nitrogens is 1. The highest BCUT2D eigenvalue weighted by Gasteiger charge is 2.46. The van der Waals surface area contributed by atoms with Crippen LogP contribution in [0, 0.1) is 5.41 Å². The first kappa shape index (κ1) is 29.2. The van der Waals surface area contributed by atoms with Gasteiger partial charge in [0.05, 0.1) is 19.3 Å². The van der Waals surface area contributed by atoms with Crippen LogP contribution in [0.1, 0.15) is 48.0 Å². The van der Waals surface area contributed by atoms with Crippen molar-refractivity contribution in [2.45, 2.75) is 71.8 Å². The zero-order valence-corrected chi connectivity index (χ0v) is 23.7. The van der Waals surface area contributed by atoms with E-state index < -0.39 is 47.2 Å². The van der Waals surface area contributed by atoms with Crippen molar-refractivity contribution >= 4 is 29.6 Å². The Morgan fingerprint density at radius 1 is 1.08 bits per heavy atom. The number of ether oxygens (including phenoxy) is 3. The van der Waals surface area contributed by atoms with E-state index in [4.69, 9.17) is 25.8 Å². The maximum Gasteiger partial charge on any atom is 0.408 e. The number of pyridine rings is 1. The maximum atomic E-state index is 13.8. The molecule has 1 aliphatic rings. The van der Waals surface area contributed by atoms with Gasteiger partial charge in [0.1, 0.15) is 34.7 Å². The van der Waals surface area contributed by atoms with Crippen LogP contribution in [0.5, 0.6) is 5.75 Å². The number of benzene rings is 1. The van der Waals surface area contributed by atoms with Gasteiger partial charge in [0.25, 0.3) is 0 Å².